The summed E-state index contributed by atoms with van der Waals surface area (Å²) < 4.78 is 0. The first-order valence-corrected chi connectivity index (χ1v) is 7.60. The second-order valence-corrected chi connectivity index (χ2v) is 5.40. The first kappa shape index (κ1) is 15.2. The summed E-state index contributed by atoms with van der Waals surface area (Å²) in [6.45, 7) is 3.34. The number of nitro groups is 1. The van der Waals surface area contributed by atoms with Crippen molar-refractivity contribution in [2.45, 2.75) is 19.8 Å². The Kier molecular flexibility index (Phi) is 5.44. The zero-order chi connectivity index (χ0) is 15.1. The third kappa shape index (κ3) is 4.38. The first-order chi connectivity index (χ1) is 10.2. The third-order valence-electron chi connectivity index (χ3n) is 2.74. The molecule has 21 heavy (non-hydrogen) atoms. The summed E-state index contributed by atoms with van der Waals surface area (Å²) in [7, 11) is 0. The van der Waals surface area contributed by atoms with Crippen molar-refractivity contribution >= 4 is 28.8 Å². The van der Waals surface area contributed by atoms with E-state index in [9.17, 15) is 10.1 Å². The highest BCUT2D eigenvalue weighted by atomic mass is 32.1. The highest BCUT2D eigenvalue weighted by Gasteiger charge is 2.16. The van der Waals surface area contributed by atoms with Crippen LogP contribution in [0, 0.1) is 10.1 Å². The lowest BCUT2D eigenvalue weighted by Gasteiger charge is -2.08. The van der Waals surface area contributed by atoms with Crippen LogP contribution in [0.15, 0.2) is 23.7 Å². The predicted molar refractivity (Wildman–Crippen MR) is 84.0 cm³/mol. The van der Waals surface area contributed by atoms with E-state index in [1.54, 1.807) is 11.3 Å². The highest BCUT2D eigenvalue weighted by Crippen LogP contribution is 2.22. The van der Waals surface area contributed by atoms with Gasteiger partial charge < -0.3 is 10.6 Å². The molecule has 112 valence electrons. The van der Waals surface area contributed by atoms with Crippen molar-refractivity contribution in [2.75, 3.05) is 23.7 Å². The van der Waals surface area contributed by atoms with Gasteiger partial charge in [0.25, 0.3) is 0 Å². The van der Waals surface area contributed by atoms with Crippen LogP contribution in [0.5, 0.6) is 0 Å². The molecule has 0 saturated carbocycles. The number of hydrogen-bond donors (Lipinski definition) is 2. The van der Waals surface area contributed by atoms with Crippen molar-refractivity contribution in [3.63, 3.8) is 0 Å². The quantitative estimate of drug-likeness (QED) is 0.575. The van der Waals surface area contributed by atoms with E-state index in [4.69, 9.17) is 0 Å². The molecule has 0 atom stereocenters. The molecule has 2 aromatic heterocycles. The highest BCUT2D eigenvalue weighted by molar-refractivity contribution is 7.09. The van der Waals surface area contributed by atoms with Gasteiger partial charge in [-0.1, -0.05) is 13.0 Å². The Labute approximate surface area is 126 Å². The topological polar surface area (TPSA) is 93.0 Å². The Bertz CT molecular complexity index is 588. The molecule has 2 heterocycles. The largest absolute Gasteiger partial charge is 0.364 e. The van der Waals surface area contributed by atoms with Crippen LogP contribution >= 0.6 is 11.3 Å². The number of rotatable bonds is 8. The van der Waals surface area contributed by atoms with Crippen LogP contribution in [0.3, 0.4) is 0 Å². The van der Waals surface area contributed by atoms with Crippen molar-refractivity contribution < 1.29 is 4.92 Å². The van der Waals surface area contributed by atoms with E-state index in [0.717, 1.165) is 19.4 Å². The molecule has 2 N–H and O–H groups in total. The molecule has 0 fully saturated rings. The van der Waals surface area contributed by atoms with Gasteiger partial charge in [0, 0.05) is 18.0 Å². The fraction of sp³-hybridized carbons (Fsp3) is 0.385. The van der Waals surface area contributed by atoms with E-state index in [2.05, 4.69) is 20.6 Å². The third-order valence-corrected chi connectivity index (χ3v) is 3.68. The molecule has 0 saturated heterocycles. The zero-order valence-electron chi connectivity index (χ0n) is 11.7. The molecule has 2 aromatic rings. The van der Waals surface area contributed by atoms with Crippen LogP contribution in [-0.4, -0.2) is 28.0 Å². The fourth-order valence-electron chi connectivity index (χ4n) is 1.72. The molecule has 7 nitrogen and oxygen atoms in total. The van der Waals surface area contributed by atoms with Gasteiger partial charge in [-0.25, -0.2) is 4.98 Å². The van der Waals surface area contributed by atoms with Gasteiger partial charge in [0.15, 0.2) is 0 Å². The Balaban J connectivity index is 2.04. The Morgan fingerprint density at radius 2 is 2.24 bits per heavy atom. The molecule has 0 aromatic carbocycles. The summed E-state index contributed by atoms with van der Waals surface area (Å²) in [6.07, 6.45) is 2.97. The predicted octanol–water partition coefficient (Wildman–Crippen LogP) is 2.92. The van der Waals surface area contributed by atoms with Crippen molar-refractivity contribution in [2.24, 2.45) is 0 Å². The maximum absolute atomic E-state index is 11.0. The van der Waals surface area contributed by atoms with Crippen LogP contribution < -0.4 is 10.6 Å². The minimum atomic E-state index is -0.475. The van der Waals surface area contributed by atoms with Crippen molar-refractivity contribution in [3.05, 3.63) is 38.7 Å². The van der Waals surface area contributed by atoms with Crippen molar-refractivity contribution in [3.8, 4) is 0 Å². The second-order valence-electron chi connectivity index (χ2n) is 4.37. The van der Waals surface area contributed by atoms with Crippen LogP contribution in [0.25, 0.3) is 0 Å². The molecule has 0 aliphatic carbocycles. The molecule has 8 heteroatoms. The lowest BCUT2D eigenvalue weighted by molar-refractivity contribution is -0.384. The van der Waals surface area contributed by atoms with E-state index in [1.165, 1.54) is 11.1 Å². The van der Waals surface area contributed by atoms with Gasteiger partial charge in [-0.3, -0.25) is 10.1 Å². The van der Waals surface area contributed by atoms with Gasteiger partial charge in [-0.15, -0.1) is 11.3 Å². The summed E-state index contributed by atoms with van der Waals surface area (Å²) in [5, 5.41) is 19.1. The lowest BCUT2D eigenvalue weighted by Crippen LogP contribution is -2.11. The van der Waals surface area contributed by atoms with E-state index in [0.29, 0.717) is 12.5 Å². The van der Waals surface area contributed by atoms with Crippen LogP contribution in [0.2, 0.25) is 0 Å². The molecule has 0 unspecified atom stereocenters. The van der Waals surface area contributed by atoms with Crippen molar-refractivity contribution in [1.29, 1.82) is 0 Å². The van der Waals surface area contributed by atoms with Crippen LogP contribution in [-0.2, 0) is 6.42 Å². The molecule has 0 amide bonds. The van der Waals surface area contributed by atoms with Gasteiger partial charge in [0.1, 0.15) is 6.20 Å². The molecule has 0 spiro atoms. The maximum atomic E-state index is 11.0. The van der Waals surface area contributed by atoms with Crippen LogP contribution in [0.1, 0.15) is 18.2 Å². The van der Waals surface area contributed by atoms with E-state index in [-0.39, 0.29) is 11.5 Å². The smallest absolute Gasteiger partial charge is 0.329 e. The molecule has 0 radical (unpaired) electrons. The van der Waals surface area contributed by atoms with Gasteiger partial charge in [-0.05, 0) is 24.3 Å². The number of anilines is 2. The maximum Gasteiger partial charge on any atom is 0.329 e. The van der Waals surface area contributed by atoms with Gasteiger partial charge in [0.2, 0.25) is 11.8 Å². The van der Waals surface area contributed by atoms with E-state index in [1.807, 2.05) is 24.4 Å². The summed E-state index contributed by atoms with van der Waals surface area (Å²) in [5.41, 5.74) is -0.108. The molecule has 0 aliphatic rings. The molecule has 0 bridgehead atoms. The second kappa shape index (κ2) is 7.53. The average Bonchev–Trinajstić information content (AvgIpc) is 2.98. The minimum absolute atomic E-state index is 0.108. The van der Waals surface area contributed by atoms with Crippen LogP contribution in [0.4, 0.5) is 17.5 Å². The molecular formula is C13H17N5O2S. The monoisotopic (exact) mass is 307 g/mol. The average molecular weight is 307 g/mol. The number of aromatic nitrogens is 2. The number of hydrogen-bond acceptors (Lipinski definition) is 7. The van der Waals surface area contributed by atoms with Gasteiger partial charge in [0.05, 0.1) is 4.92 Å². The Morgan fingerprint density at radius 1 is 1.38 bits per heavy atom. The Hall–Kier alpha value is -2.22. The van der Waals surface area contributed by atoms with E-state index < -0.39 is 4.92 Å². The molecule has 2 rings (SSSR count). The minimum Gasteiger partial charge on any atom is -0.364 e. The summed E-state index contributed by atoms with van der Waals surface area (Å²) in [4.78, 5) is 19.9. The normalized spacial score (nSPS) is 10.3. The number of nitrogens with zero attached hydrogens (tertiary/aromatic N) is 3. The summed E-state index contributed by atoms with van der Waals surface area (Å²) in [5.74, 6) is 0.659. The lowest BCUT2D eigenvalue weighted by atomic mass is 10.3. The number of thiophene rings is 1. The standard InChI is InChI=1S/C13H17N5O2S/c1-2-6-15-13-16-9-11(18(19)20)12(17-13)14-7-5-10-4-3-8-21-10/h3-4,8-9H,2,5-7H2,1H3,(H2,14,15,16,17). The van der Waals surface area contributed by atoms with Crippen molar-refractivity contribution in [1.82, 2.24) is 9.97 Å². The van der Waals surface area contributed by atoms with Gasteiger partial charge in [-0.2, -0.15) is 4.98 Å². The summed E-state index contributed by atoms with van der Waals surface area (Å²) in [6, 6.07) is 4.02. The van der Waals surface area contributed by atoms with Gasteiger partial charge >= 0.3 is 5.69 Å². The first-order valence-electron chi connectivity index (χ1n) is 6.72. The number of nitrogens with one attached hydrogen (secondary N) is 2. The van der Waals surface area contributed by atoms with E-state index >= 15 is 0 Å². The SMILES string of the molecule is CCCNc1ncc([N+](=O)[O-])c(NCCc2cccs2)n1. The Morgan fingerprint density at radius 3 is 2.90 bits per heavy atom. The molecular weight excluding hydrogens is 290 g/mol. The summed E-state index contributed by atoms with van der Waals surface area (Å²) >= 11 is 1.66. The molecule has 0 aliphatic heterocycles. The zero-order valence-corrected chi connectivity index (χ0v) is 12.5. The fourth-order valence-corrected chi connectivity index (χ4v) is 2.43.